The van der Waals surface area contributed by atoms with E-state index in [0.717, 1.165) is 30.4 Å². The Labute approximate surface area is 119 Å². The monoisotopic (exact) mass is 268 g/mol. The molecule has 2 heterocycles. The van der Waals surface area contributed by atoms with Gasteiger partial charge in [-0.05, 0) is 42.0 Å². The average Bonchev–Trinajstić information content (AvgIpc) is 2.74. The van der Waals surface area contributed by atoms with Crippen LogP contribution in [0.25, 0.3) is 11.1 Å². The molecule has 0 saturated heterocycles. The van der Waals surface area contributed by atoms with Crippen LogP contribution in [0.3, 0.4) is 0 Å². The second-order valence-electron chi connectivity index (χ2n) is 6.12. The fourth-order valence-corrected chi connectivity index (χ4v) is 3.24. The topological polar surface area (TPSA) is 46.0 Å². The number of fused-ring (bicyclic) bond motifs is 1. The van der Waals surface area contributed by atoms with Crippen LogP contribution in [0.1, 0.15) is 44.0 Å². The molecule has 1 aliphatic carbocycles. The summed E-state index contributed by atoms with van der Waals surface area (Å²) in [6.45, 7) is 6.72. The number of hydrogen-bond donors (Lipinski definition) is 1. The Hall–Kier alpha value is -1.90. The van der Waals surface area contributed by atoms with Crippen molar-refractivity contribution in [2.75, 3.05) is 0 Å². The van der Waals surface area contributed by atoms with Gasteiger partial charge in [-0.1, -0.05) is 20.8 Å². The van der Waals surface area contributed by atoms with Gasteiger partial charge in [0.2, 0.25) is 5.88 Å². The Bertz CT molecular complexity index is 662. The van der Waals surface area contributed by atoms with Crippen molar-refractivity contribution in [3.05, 3.63) is 41.3 Å². The zero-order valence-corrected chi connectivity index (χ0v) is 12.3. The van der Waals surface area contributed by atoms with Gasteiger partial charge in [0.05, 0.1) is 0 Å². The summed E-state index contributed by atoms with van der Waals surface area (Å²) in [6, 6.07) is 3.64. The van der Waals surface area contributed by atoms with Crippen molar-refractivity contribution < 1.29 is 5.11 Å². The van der Waals surface area contributed by atoms with Crippen molar-refractivity contribution >= 4 is 0 Å². The van der Waals surface area contributed by atoms with E-state index in [-0.39, 0.29) is 11.3 Å². The van der Waals surface area contributed by atoms with Crippen LogP contribution >= 0.6 is 0 Å². The molecule has 3 rings (SSSR count). The summed E-state index contributed by atoms with van der Waals surface area (Å²) in [5.41, 5.74) is 6.32. The summed E-state index contributed by atoms with van der Waals surface area (Å²) in [7, 11) is 0. The van der Waals surface area contributed by atoms with E-state index in [4.69, 9.17) is 4.98 Å². The van der Waals surface area contributed by atoms with Gasteiger partial charge < -0.3 is 5.11 Å². The lowest BCUT2D eigenvalue weighted by Gasteiger charge is -2.19. The van der Waals surface area contributed by atoms with E-state index in [1.165, 1.54) is 16.8 Å². The van der Waals surface area contributed by atoms with Gasteiger partial charge in [-0.25, -0.2) is 4.98 Å². The van der Waals surface area contributed by atoms with Crippen LogP contribution in [-0.4, -0.2) is 15.1 Å². The number of nitrogens with zero attached hydrogens (tertiary/aromatic N) is 2. The Morgan fingerprint density at radius 1 is 1.30 bits per heavy atom. The Morgan fingerprint density at radius 2 is 2.10 bits per heavy atom. The van der Waals surface area contributed by atoms with Crippen LogP contribution in [0.15, 0.2) is 24.5 Å². The molecule has 0 aliphatic heterocycles. The largest absolute Gasteiger partial charge is 0.493 e. The van der Waals surface area contributed by atoms with E-state index in [1.807, 2.05) is 12.3 Å². The van der Waals surface area contributed by atoms with Gasteiger partial charge in [-0.3, -0.25) is 4.98 Å². The Kier molecular flexibility index (Phi) is 3.00. The van der Waals surface area contributed by atoms with E-state index in [1.54, 1.807) is 12.3 Å². The number of rotatable bonds is 2. The van der Waals surface area contributed by atoms with Crippen molar-refractivity contribution in [3.8, 4) is 17.0 Å². The molecule has 0 spiro atoms. The molecule has 0 unspecified atom stereocenters. The van der Waals surface area contributed by atoms with Crippen molar-refractivity contribution in [2.45, 2.75) is 45.4 Å². The third kappa shape index (κ3) is 1.98. The minimum Gasteiger partial charge on any atom is -0.493 e. The maximum absolute atomic E-state index is 9.58. The van der Waals surface area contributed by atoms with Gasteiger partial charge in [0, 0.05) is 35.1 Å². The third-order valence-corrected chi connectivity index (χ3v) is 4.35. The van der Waals surface area contributed by atoms with Crippen molar-refractivity contribution in [1.29, 1.82) is 0 Å². The molecule has 3 nitrogen and oxygen atoms in total. The van der Waals surface area contributed by atoms with E-state index in [9.17, 15) is 5.11 Å². The van der Waals surface area contributed by atoms with Crippen LogP contribution < -0.4 is 0 Å². The molecule has 104 valence electrons. The SMILES string of the molecule is CCc1c(-c2ccnc(O)c2)cnc2c1CCC2(C)C. The summed E-state index contributed by atoms with van der Waals surface area (Å²) in [6.07, 6.45) is 6.84. The minimum absolute atomic E-state index is 0.0605. The standard InChI is InChI=1S/C17H20N2O/c1-4-12-13-5-7-17(2,3)16(13)19-10-14(12)11-6-8-18-15(20)9-11/h6,8-10H,4-5,7H2,1-3H3,(H,18,20). The first-order valence-corrected chi connectivity index (χ1v) is 7.19. The quantitative estimate of drug-likeness (QED) is 0.904. The highest BCUT2D eigenvalue weighted by atomic mass is 16.3. The number of aromatic nitrogens is 2. The minimum atomic E-state index is 0.0605. The van der Waals surface area contributed by atoms with Crippen LogP contribution in [0.4, 0.5) is 0 Å². The second kappa shape index (κ2) is 4.58. The molecular formula is C17H20N2O. The molecule has 20 heavy (non-hydrogen) atoms. The van der Waals surface area contributed by atoms with E-state index < -0.39 is 0 Å². The lowest BCUT2D eigenvalue weighted by atomic mass is 9.89. The lowest BCUT2D eigenvalue weighted by Crippen LogP contribution is -2.14. The van der Waals surface area contributed by atoms with Crippen LogP contribution in [0.2, 0.25) is 0 Å². The van der Waals surface area contributed by atoms with Crippen LogP contribution in [0.5, 0.6) is 5.88 Å². The number of pyridine rings is 2. The van der Waals surface area contributed by atoms with Gasteiger partial charge in [0.1, 0.15) is 0 Å². The lowest BCUT2D eigenvalue weighted by molar-refractivity contribution is 0.454. The summed E-state index contributed by atoms with van der Waals surface area (Å²) < 4.78 is 0. The molecule has 1 N–H and O–H groups in total. The molecule has 0 radical (unpaired) electrons. The van der Waals surface area contributed by atoms with Crippen LogP contribution in [0, 0.1) is 0 Å². The number of aromatic hydroxyl groups is 1. The van der Waals surface area contributed by atoms with Gasteiger partial charge in [-0.2, -0.15) is 0 Å². The van der Waals surface area contributed by atoms with Gasteiger partial charge in [0.15, 0.2) is 0 Å². The molecular weight excluding hydrogens is 248 g/mol. The van der Waals surface area contributed by atoms with Gasteiger partial charge in [0.25, 0.3) is 0 Å². The number of hydrogen-bond acceptors (Lipinski definition) is 3. The maximum Gasteiger partial charge on any atom is 0.211 e. The first kappa shape index (κ1) is 13.1. The van der Waals surface area contributed by atoms with Gasteiger partial charge in [-0.15, -0.1) is 0 Å². The molecule has 3 heteroatoms. The van der Waals surface area contributed by atoms with Crippen LogP contribution in [-0.2, 0) is 18.3 Å². The molecule has 0 aromatic carbocycles. The first-order valence-electron chi connectivity index (χ1n) is 7.19. The normalized spacial score (nSPS) is 16.1. The molecule has 0 atom stereocenters. The smallest absolute Gasteiger partial charge is 0.211 e. The molecule has 0 saturated carbocycles. The summed E-state index contributed by atoms with van der Waals surface area (Å²) in [5.74, 6) is 0.0605. The van der Waals surface area contributed by atoms with Crippen molar-refractivity contribution in [3.63, 3.8) is 0 Å². The highest BCUT2D eigenvalue weighted by Crippen LogP contribution is 2.41. The molecule has 0 fully saturated rings. The molecule has 1 aliphatic rings. The molecule has 0 amide bonds. The van der Waals surface area contributed by atoms with Gasteiger partial charge >= 0.3 is 0 Å². The third-order valence-electron chi connectivity index (χ3n) is 4.35. The maximum atomic E-state index is 9.58. The van der Waals surface area contributed by atoms with E-state index in [2.05, 4.69) is 25.8 Å². The fraction of sp³-hybridized carbons (Fsp3) is 0.412. The van der Waals surface area contributed by atoms with E-state index >= 15 is 0 Å². The fourth-order valence-electron chi connectivity index (χ4n) is 3.24. The van der Waals surface area contributed by atoms with Crippen molar-refractivity contribution in [2.24, 2.45) is 0 Å². The first-order chi connectivity index (χ1) is 9.53. The average molecular weight is 268 g/mol. The predicted molar refractivity (Wildman–Crippen MR) is 79.9 cm³/mol. The predicted octanol–water partition coefficient (Wildman–Crippen LogP) is 3.64. The molecule has 2 aromatic rings. The highest BCUT2D eigenvalue weighted by Gasteiger charge is 2.33. The second-order valence-corrected chi connectivity index (χ2v) is 6.12. The summed E-state index contributed by atoms with van der Waals surface area (Å²) >= 11 is 0. The Morgan fingerprint density at radius 3 is 2.80 bits per heavy atom. The van der Waals surface area contributed by atoms with Crippen molar-refractivity contribution in [1.82, 2.24) is 9.97 Å². The highest BCUT2D eigenvalue weighted by molar-refractivity contribution is 5.69. The Balaban J connectivity index is 2.20. The molecule has 2 aromatic heterocycles. The molecule has 0 bridgehead atoms. The van der Waals surface area contributed by atoms with E-state index in [0.29, 0.717) is 0 Å². The zero-order chi connectivity index (χ0) is 14.3. The summed E-state index contributed by atoms with van der Waals surface area (Å²) in [5, 5.41) is 9.58. The zero-order valence-electron chi connectivity index (χ0n) is 12.3. The summed E-state index contributed by atoms with van der Waals surface area (Å²) in [4.78, 5) is 8.58.